The predicted molar refractivity (Wildman–Crippen MR) is 40.7 cm³/mol. The minimum Gasteiger partial charge on any atom is -0.303 e. The van der Waals surface area contributed by atoms with E-state index >= 15 is 0 Å². The van der Waals surface area contributed by atoms with E-state index in [1.807, 2.05) is 0 Å². The van der Waals surface area contributed by atoms with Crippen molar-refractivity contribution in [2.24, 2.45) is 0 Å². The van der Waals surface area contributed by atoms with Crippen molar-refractivity contribution in [1.82, 2.24) is 0 Å². The molecule has 64 valence electrons. The average Bonchev–Trinajstić information content (AvgIpc) is 2.03. The van der Waals surface area contributed by atoms with Gasteiger partial charge in [0.1, 0.15) is 17.9 Å². The molecule has 0 radical (unpaired) electrons. The van der Waals surface area contributed by atoms with Crippen molar-refractivity contribution < 1.29 is 13.6 Å². The third kappa shape index (κ3) is 2.12. The van der Waals surface area contributed by atoms with Crippen LogP contribution >= 0.6 is 0 Å². The van der Waals surface area contributed by atoms with Gasteiger partial charge >= 0.3 is 0 Å². The highest BCUT2D eigenvalue weighted by Crippen LogP contribution is 2.10. The number of carbonyl (C=O) groups is 1. The van der Waals surface area contributed by atoms with E-state index in [0.717, 1.165) is 6.07 Å². The van der Waals surface area contributed by atoms with Crippen molar-refractivity contribution >= 4 is 6.29 Å². The lowest BCUT2D eigenvalue weighted by atomic mass is 10.1. The third-order valence-corrected chi connectivity index (χ3v) is 1.55. The number of carbonyl (C=O) groups excluding carboxylic acids is 1. The van der Waals surface area contributed by atoms with E-state index in [1.54, 1.807) is 0 Å². The maximum Gasteiger partial charge on any atom is 0.129 e. The van der Waals surface area contributed by atoms with Crippen molar-refractivity contribution in [3.63, 3.8) is 0 Å². The Bertz CT molecular complexity index is 284. The molecule has 0 aromatic heterocycles. The molecular weight excluding hydrogens is 162 g/mol. The zero-order valence-electron chi connectivity index (χ0n) is 6.39. The van der Waals surface area contributed by atoms with E-state index in [2.05, 4.69) is 0 Å². The summed E-state index contributed by atoms with van der Waals surface area (Å²) in [7, 11) is 0. The molecule has 0 spiro atoms. The van der Waals surface area contributed by atoms with Crippen molar-refractivity contribution in [2.45, 2.75) is 12.8 Å². The van der Waals surface area contributed by atoms with Gasteiger partial charge in [0, 0.05) is 12.5 Å². The maximum atomic E-state index is 12.8. The zero-order chi connectivity index (χ0) is 8.97. The number of aldehydes is 1. The summed E-state index contributed by atoms with van der Waals surface area (Å²) in [6.45, 7) is 0. The number of hydrogen-bond acceptors (Lipinski definition) is 1. The van der Waals surface area contributed by atoms with Crippen molar-refractivity contribution in [3.8, 4) is 0 Å². The molecule has 0 saturated carbocycles. The molecule has 0 amide bonds. The van der Waals surface area contributed by atoms with Crippen LogP contribution < -0.4 is 0 Å². The number of rotatable bonds is 3. The summed E-state index contributed by atoms with van der Waals surface area (Å²) in [5.41, 5.74) is 0.378. The molecule has 1 aromatic carbocycles. The molecule has 3 heteroatoms. The molecule has 0 aliphatic rings. The fourth-order valence-electron chi connectivity index (χ4n) is 0.939. The number of hydrogen-bond donors (Lipinski definition) is 0. The second kappa shape index (κ2) is 3.95. The van der Waals surface area contributed by atoms with E-state index < -0.39 is 11.6 Å². The first-order valence-corrected chi connectivity index (χ1v) is 3.61. The molecule has 0 heterocycles. The van der Waals surface area contributed by atoms with Crippen LogP contribution in [0.3, 0.4) is 0 Å². The molecule has 1 aromatic rings. The Labute approximate surface area is 69.0 Å². The summed E-state index contributed by atoms with van der Waals surface area (Å²) in [6.07, 6.45) is 1.31. The Morgan fingerprint density at radius 2 is 2.08 bits per heavy atom. The Kier molecular flexibility index (Phi) is 2.91. The fourth-order valence-corrected chi connectivity index (χ4v) is 0.939. The Morgan fingerprint density at radius 3 is 2.67 bits per heavy atom. The van der Waals surface area contributed by atoms with Gasteiger partial charge in [0.2, 0.25) is 0 Å². The summed E-state index contributed by atoms with van der Waals surface area (Å²) in [5.74, 6) is -1.18. The monoisotopic (exact) mass is 170 g/mol. The van der Waals surface area contributed by atoms with E-state index in [-0.39, 0.29) is 6.42 Å². The van der Waals surface area contributed by atoms with Gasteiger partial charge < -0.3 is 4.79 Å². The van der Waals surface area contributed by atoms with Crippen LogP contribution in [0.1, 0.15) is 12.0 Å². The first-order valence-electron chi connectivity index (χ1n) is 3.61. The van der Waals surface area contributed by atoms with Crippen molar-refractivity contribution in [3.05, 3.63) is 35.4 Å². The molecule has 0 unspecified atom stereocenters. The van der Waals surface area contributed by atoms with Gasteiger partial charge in [-0.05, 0) is 18.1 Å². The Morgan fingerprint density at radius 1 is 1.33 bits per heavy atom. The van der Waals surface area contributed by atoms with Crippen molar-refractivity contribution in [2.75, 3.05) is 0 Å². The minimum atomic E-state index is -0.595. The Balaban J connectivity index is 2.78. The van der Waals surface area contributed by atoms with Crippen LogP contribution in [0.2, 0.25) is 0 Å². The van der Waals surface area contributed by atoms with E-state index in [1.165, 1.54) is 12.1 Å². The smallest absolute Gasteiger partial charge is 0.129 e. The highest BCUT2D eigenvalue weighted by Gasteiger charge is 2.02. The van der Waals surface area contributed by atoms with Crippen LogP contribution in [0, 0.1) is 11.6 Å². The van der Waals surface area contributed by atoms with Crippen LogP contribution in [-0.4, -0.2) is 6.29 Å². The quantitative estimate of drug-likeness (QED) is 0.635. The number of aryl methyl sites for hydroxylation is 1. The Hall–Kier alpha value is -1.25. The first kappa shape index (κ1) is 8.84. The molecule has 1 nitrogen and oxygen atoms in total. The topological polar surface area (TPSA) is 17.1 Å². The van der Waals surface area contributed by atoms with Crippen LogP contribution in [0.4, 0.5) is 8.78 Å². The second-order valence-corrected chi connectivity index (χ2v) is 2.44. The van der Waals surface area contributed by atoms with E-state index in [0.29, 0.717) is 18.3 Å². The molecule has 0 fully saturated rings. The van der Waals surface area contributed by atoms with Gasteiger partial charge in [-0.1, -0.05) is 6.07 Å². The molecule has 1 rings (SSSR count). The van der Waals surface area contributed by atoms with Gasteiger partial charge in [-0.25, -0.2) is 8.78 Å². The molecular formula is C9H8F2O. The third-order valence-electron chi connectivity index (χ3n) is 1.55. The molecule has 0 N–H and O–H groups in total. The lowest BCUT2D eigenvalue weighted by molar-refractivity contribution is -0.107. The second-order valence-electron chi connectivity index (χ2n) is 2.44. The highest BCUT2D eigenvalue weighted by molar-refractivity contribution is 5.50. The number of benzene rings is 1. The van der Waals surface area contributed by atoms with Gasteiger partial charge in [-0.2, -0.15) is 0 Å². The summed E-state index contributed by atoms with van der Waals surface area (Å²) in [4.78, 5) is 9.96. The highest BCUT2D eigenvalue weighted by atomic mass is 19.1. The van der Waals surface area contributed by atoms with Gasteiger partial charge in [-0.15, -0.1) is 0 Å². The molecule has 0 aliphatic heterocycles. The fraction of sp³-hybridized carbons (Fsp3) is 0.222. The largest absolute Gasteiger partial charge is 0.303 e. The van der Waals surface area contributed by atoms with Gasteiger partial charge in [-0.3, -0.25) is 0 Å². The van der Waals surface area contributed by atoms with Crippen LogP contribution in [0.15, 0.2) is 18.2 Å². The predicted octanol–water partition coefficient (Wildman–Crippen LogP) is 2.10. The zero-order valence-corrected chi connectivity index (χ0v) is 6.39. The van der Waals surface area contributed by atoms with Gasteiger partial charge in [0.05, 0.1) is 0 Å². The molecule has 0 bridgehead atoms. The van der Waals surface area contributed by atoms with Crippen molar-refractivity contribution in [1.29, 1.82) is 0 Å². The summed E-state index contributed by atoms with van der Waals surface area (Å²) < 4.78 is 25.2. The molecule has 0 atom stereocenters. The lowest BCUT2D eigenvalue weighted by Gasteiger charge is -1.98. The molecule has 0 aliphatic carbocycles. The minimum absolute atomic E-state index is 0.266. The number of halogens is 2. The molecule has 12 heavy (non-hydrogen) atoms. The van der Waals surface area contributed by atoms with E-state index in [9.17, 15) is 13.6 Å². The van der Waals surface area contributed by atoms with Crippen LogP contribution in [0.5, 0.6) is 0 Å². The maximum absolute atomic E-state index is 12.8. The average molecular weight is 170 g/mol. The summed E-state index contributed by atoms with van der Waals surface area (Å²) in [6, 6.07) is 3.36. The SMILES string of the molecule is O=CCCc1ccc(F)cc1F. The summed E-state index contributed by atoms with van der Waals surface area (Å²) in [5, 5.41) is 0. The summed E-state index contributed by atoms with van der Waals surface area (Å²) >= 11 is 0. The van der Waals surface area contributed by atoms with E-state index in [4.69, 9.17) is 0 Å². The van der Waals surface area contributed by atoms with Gasteiger partial charge in [0.15, 0.2) is 0 Å². The standard InChI is InChI=1S/C9H8F2O/c10-8-4-3-7(2-1-5-12)9(11)6-8/h3-6H,1-2H2. The van der Waals surface area contributed by atoms with Crippen LogP contribution in [0.25, 0.3) is 0 Å². The van der Waals surface area contributed by atoms with Gasteiger partial charge in [0.25, 0.3) is 0 Å². The molecule has 0 saturated heterocycles. The normalized spacial score (nSPS) is 9.83. The van der Waals surface area contributed by atoms with Crippen LogP contribution in [-0.2, 0) is 11.2 Å². The first-order chi connectivity index (χ1) is 5.74. The lowest BCUT2D eigenvalue weighted by Crippen LogP contribution is -1.92.